The van der Waals surface area contributed by atoms with Crippen LogP contribution in [-0.2, 0) is 24.1 Å². The van der Waals surface area contributed by atoms with Gasteiger partial charge in [0.15, 0.2) is 0 Å². The summed E-state index contributed by atoms with van der Waals surface area (Å²) in [4.78, 5) is 12.3. The molecule has 0 saturated heterocycles. The van der Waals surface area contributed by atoms with Crippen LogP contribution in [0.2, 0.25) is 5.02 Å². The summed E-state index contributed by atoms with van der Waals surface area (Å²) in [6, 6.07) is 11.5. The van der Waals surface area contributed by atoms with Crippen LogP contribution in [0.4, 0.5) is 0 Å². The van der Waals surface area contributed by atoms with Crippen molar-refractivity contribution in [1.82, 2.24) is 0 Å². The van der Waals surface area contributed by atoms with E-state index in [9.17, 15) is 4.79 Å². The summed E-state index contributed by atoms with van der Waals surface area (Å²) < 4.78 is 6.60. The molecule has 0 bridgehead atoms. The molecule has 0 saturated carbocycles. The Balaban J connectivity index is 1.78. The normalized spacial score (nSPS) is 12.9. The van der Waals surface area contributed by atoms with Gasteiger partial charge < -0.3 is 4.74 Å². The van der Waals surface area contributed by atoms with E-state index in [0.717, 1.165) is 33.3 Å². The highest BCUT2D eigenvalue weighted by molar-refractivity contribution is 9.10. The van der Waals surface area contributed by atoms with Crippen LogP contribution < -0.4 is 4.74 Å². The summed E-state index contributed by atoms with van der Waals surface area (Å²) in [6.07, 6.45) is 1.62. The maximum Gasteiger partial charge on any atom is 0.141 e. The van der Waals surface area contributed by atoms with E-state index in [4.69, 9.17) is 16.3 Å². The Morgan fingerprint density at radius 2 is 1.95 bits per heavy atom. The van der Waals surface area contributed by atoms with Gasteiger partial charge >= 0.3 is 0 Å². The monoisotopic (exact) mass is 364 g/mol. The van der Waals surface area contributed by atoms with Gasteiger partial charge in [0.25, 0.3) is 0 Å². The van der Waals surface area contributed by atoms with Crippen molar-refractivity contribution < 1.29 is 9.53 Å². The maximum absolute atomic E-state index is 12.3. The number of rotatable bonds is 4. The summed E-state index contributed by atoms with van der Waals surface area (Å²) in [5.41, 5.74) is 3.00. The third-order valence-corrected chi connectivity index (χ3v) is 4.55. The lowest BCUT2D eigenvalue weighted by atomic mass is 10.00. The van der Waals surface area contributed by atoms with Gasteiger partial charge in [-0.1, -0.05) is 45.7 Å². The van der Waals surface area contributed by atoms with Crippen LogP contribution in [0.5, 0.6) is 5.75 Å². The Kier molecular flexibility index (Phi) is 4.32. The first-order chi connectivity index (χ1) is 10.1. The maximum atomic E-state index is 12.3. The predicted molar refractivity (Wildman–Crippen MR) is 87.2 cm³/mol. The average Bonchev–Trinajstić information content (AvgIpc) is 2.89. The molecule has 0 aromatic heterocycles. The van der Waals surface area contributed by atoms with Crippen LogP contribution in [0.3, 0.4) is 0 Å². The van der Waals surface area contributed by atoms with Crippen LogP contribution in [0.15, 0.2) is 40.9 Å². The molecular formula is C17H14BrClO2. The zero-order valence-corrected chi connectivity index (χ0v) is 13.7. The second-order valence-corrected chi connectivity index (χ2v) is 6.43. The molecule has 2 nitrogen and oxygen atoms in total. The standard InChI is InChI=1S/C17H14BrClO2/c18-16-4-2-1-3-11(16)9-15(20)10-13-8-14(19)7-12-5-6-21-17(12)13/h1-4,7-8H,5-6,9-10H2. The summed E-state index contributed by atoms with van der Waals surface area (Å²) in [5, 5.41) is 0.669. The number of hydrogen-bond acceptors (Lipinski definition) is 2. The number of carbonyl (C=O) groups is 1. The Labute approximate surface area is 137 Å². The topological polar surface area (TPSA) is 26.3 Å². The van der Waals surface area contributed by atoms with E-state index in [1.807, 2.05) is 36.4 Å². The molecular weight excluding hydrogens is 352 g/mol. The first kappa shape index (κ1) is 14.6. The zero-order valence-electron chi connectivity index (χ0n) is 11.4. The molecule has 0 radical (unpaired) electrons. The van der Waals surface area contributed by atoms with Gasteiger partial charge in [-0.3, -0.25) is 4.79 Å². The molecule has 1 heterocycles. The molecule has 0 unspecified atom stereocenters. The van der Waals surface area contributed by atoms with E-state index in [2.05, 4.69) is 15.9 Å². The molecule has 21 heavy (non-hydrogen) atoms. The van der Waals surface area contributed by atoms with Crippen molar-refractivity contribution in [2.24, 2.45) is 0 Å². The lowest BCUT2D eigenvalue weighted by molar-refractivity contribution is -0.117. The van der Waals surface area contributed by atoms with Gasteiger partial charge in [-0.15, -0.1) is 0 Å². The molecule has 2 aromatic carbocycles. The molecule has 1 aliphatic heterocycles. The van der Waals surface area contributed by atoms with Gasteiger partial charge in [-0.2, -0.15) is 0 Å². The minimum absolute atomic E-state index is 0.155. The van der Waals surface area contributed by atoms with Crippen LogP contribution >= 0.6 is 27.5 Å². The largest absolute Gasteiger partial charge is 0.493 e. The minimum Gasteiger partial charge on any atom is -0.493 e. The summed E-state index contributed by atoms with van der Waals surface area (Å²) in [5.74, 6) is 1.00. The van der Waals surface area contributed by atoms with Gasteiger partial charge in [0.05, 0.1) is 6.61 Å². The van der Waals surface area contributed by atoms with Gasteiger partial charge in [-0.05, 0) is 29.3 Å². The molecule has 3 rings (SSSR count). The number of Topliss-reactive ketones (excluding diaryl/α,β-unsaturated/α-hetero) is 1. The van der Waals surface area contributed by atoms with E-state index in [1.165, 1.54) is 0 Å². The molecule has 0 aliphatic carbocycles. The summed E-state index contributed by atoms with van der Waals surface area (Å²) >= 11 is 9.60. The number of ether oxygens (including phenoxy) is 1. The summed E-state index contributed by atoms with van der Waals surface area (Å²) in [7, 11) is 0. The summed E-state index contributed by atoms with van der Waals surface area (Å²) in [6.45, 7) is 0.668. The van der Waals surface area contributed by atoms with Crippen LogP contribution in [0.25, 0.3) is 0 Å². The fourth-order valence-corrected chi connectivity index (χ4v) is 3.29. The number of fused-ring (bicyclic) bond motifs is 1. The molecule has 1 aliphatic rings. The van der Waals surface area contributed by atoms with Crippen molar-refractivity contribution in [1.29, 1.82) is 0 Å². The number of carbonyl (C=O) groups excluding carboxylic acids is 1. The highest BCUT2D eigenvalue weighted by atomic mass is 79.9. The van der Waals surface area contributed by atoms with E-state index in [0.29, 0.717) is 24.5 Å². The Morgan fingerprint density at radius 1 is 1.19 bits per heavy atom. The van der Waals surface area contributed by atoms with Crippen molar-refractivity contribution in [2.45, 2.75) is 19.3 Å². The smallest absolute Gasteiger partial charge is 0.141 e. The number of benzene rings is 2. The fraction of sp³-hybridized carbons (Fsp3) is 0.235. The Morgan fingerprint density at radius 3 is 2.76 bits per heavy atom. The van der Waals surface area contributed by atoms with Gasteiger partial charge in [0.1, 0.15) is 11.5 Å². The first-order valence-electron chi connectivity index (χ1n) is 6.82. The number of hydrogen-bond donors (Lipinski definition) is 0. The molecule has 0 atom stereocenters. The Bertz CT molecular complexity index is 697. The highest BCUT2D eigenvalue weighted by Crippen LogP contribution is 2.33. The van der Waals surface area contributed by atoms with E-state index in [-0.39, 0.29) is 5.78 Å². The van der Waals surface area contributed by atoms with Gasteiger partial charge in [0, 0.05) is 34.3 Å². The third-order valence-electron chi connectivity index (χ3n) is 3.56. The fourth-order valence-electron chi connectivity index (χ4n) is 2.61. The zero-order chi connectivity index (χ0) is 14.8. The number of halogens is 2. The quantitative estimate of drug-likeness (QED) is 0.803. The second-order valence-electron chi connectivity index (χ2n) is 5.14. The van der Waals surface area contributed by atoms with Crippen molar-refractivity contribution >= 4 is 33.3 Å². The molecule has 0 N–H and O–H groups in total. The molecule has 0 amide bonds. The van der Waals surface area contributed by atoms with Crippen LogP contribution in [-0.4, -0.2) is 12.4 Å². The van der Waals surface area contributed by atoms with Gasteiger partial charge in [-0.25, -0.2) is 0 Å². The third kappa shape index (κ3) is 3.30. The van der Waals surface area contributed by atoms with Crippen LogP contribution in [0.1, 0.15) is 16.7 Å². The van der Waals surface area contributed by atoms with Crippen molar-refractivity contribution in [3.05, 3.63) is 62.6 Å². The minimum atomic E-state index is 0.155. The van der Waals surface area contributed by atoms with Crippen molar-refractivity contribution in [2.75, 3.05) is 6.61 Å². The molecule has 4 heteroatoms. The van der Waals surface area contributed by atoms with E-state index in [1.54, 1.807) is 0 Å². The Hall–Kier alpha value is -1.32. The van der Waals surface area contributed by atoms with E-state index < -0.39 is 0 Å². The highest BCUT2D eigenvalue weighted by Gasteiger charge is 2.19. The molecule has 108 valence electrons. The average molecular weight is 366 g/mol. The second kappa shape index (κ2) is 6.20. The van der Waals surface area contributed by atoms with Gasteiger partial charge in [0.2, 0.25) is 0 Å². The predicted octanol–water partition coefficient (Wildman–Crippen LogP) is 4.39. The molecule has 0 fully saturated rings. The van der Waals surface area contributed by atoms with Crippen LogP contribution in [0, 0.1) is 0 Å². The van der Waals surface area contributed by atoms with Crippen molar-refractivity contribution in [3.8, 4) is 5.75 Å². The lowest BCUT2D eigenvalue weighted by Crippen LogP contribution is -2.08. The molecule has 2 aromatic rings. The lowest BCUT2D eigenvalue weighted by Gasteiger charge is -2.09. The van der Waals surface area contributed by atoms with E-state index >= 15 is 0 Å². The first-order valence-corrected chi connectivity index (χ1v) is 8.00. The molecule has 0 spiro atoms. The van der Waals surface area contributed by atoms with Crippen molar-refractivity contribution in [3.63, 3.8) is 0 Å². The SMILES string of the molecule is O=C(Cc1ccccc1Br)Cc1cc(Cl)cc2c1OCC2. The number of ketones is 1.